The van der Waals surface area contributed by atoms with E-state index >= 15 is 0 Å². The molecule has 7 heteroatoms. The number of nitrogens with one attached hydrogen (secondary N) is 2. The molecular formula is C23H20N2O5. The highest BCUT2D eigenvalue weighted by Gasteiger charge is 2.11. The second-order valence-electron chi connectivity index (χ2n) is 6.48. The van der Waals surface area contributed by atoms with Gasteiger partial charge in [0.1, 0.15) is 11.5 Å². The van der Waals surface area contributed by atoms with Gasteiger partial charge in [-0.15, -0.1) is 0 Å². The number of benzene rings is 3. The van der Waals surface area contributed by atoms with Gasteiger partial charge in [0, 0.05) is 24.7 Å². The lowest BCUT2D eigenvalue weighted by molar-refractivity contribution is -0.131. The summed E-state index contributed by atoms with van der Waals surface area (Å²) in [4.78, 5) is 35.8. The average Bonchev–Trinajstić information content (AvgIpc) is 2.72. The summed E-state index contributed by atoms with van der Waals surface area (Å²) < 4.78 is 4.99. The molecule has 0 saturated carbocycles. The van der Waals surface area contributed by atoms with Crippen LogP contribution in [0.3, 0.4) is 0 Å². The Morgan fingerprint density at radius 3 is 2.43 bits per heavy atom. The lowest BCUT2D eigenvalue weighted by Crippen LogP contribution is -2.23. The first-order chi connectivity index (χ1) is 14.4. The normalized spacial score (nSPS) is 10.2. The van der Waals surface area contributed by atoms with E-state index in [1.54, 1.807) is 48.5 Å². The Hall–Kier alpha value is -4.13. The number of phenolic OH excluding ortho intramolecular Hbond substituents is 1. The number of aromatic hydroxyl groups is 1. The fraction of sp³-hybridized carbons (Fsp3) is 0.0870. The average molecular weight is 404 g/mol. The van der Waals surface area contributed by atoms with Crippen LogP contribution in [0.2, 0.25) is 0 Å². The fourth-order valence-corrected chi connectivity index (χ4v) is 2.77. The maximum atomic E-state index is 12.4. The second kappa shape index (κ2) is 9.38. The topological polar surface area (TPSA) is 105 Å². The Labute approximate surface area is 173 Å². The molecule has 0 aliphatic heterocycles. The molecule has 0 aliphatic rings. The highest BCUT2D eigenvalue weighted by Crippen LogP contribution is 2.19. The number of esters is 1. The monoisotopic (exact) mass is 404 g/mol. The molecule has 0 saturated heterocycles. The Morgan fingerprint density at radius 2 is 1.67 bits per heavy atom. The van der Waals surface area contributed by atoms with Crippen LogP contribution in [0.5, 0.6) is 11.5 Å². The Kier molecular flexibility index (Phi) is 6.44. The van der Waals surface area contributed by atoms with Crippen molar-refractivity contribution in [2.75, 3.05) is 5.32 Å². The lowest BCUT2D eigenvalue weighted by Gasteiger charge is -2.10. The van der Waals surface area contributed by atoms with Crippen molar-refractivity contribution in [3.63, 3.8) is 0 Å². The molecular weight excluding hydrogens is 384 g/mol. The summed E-state index contributed by atoms with van der Waals surface area (Å²) in [6.45, 7) is 1.52. The van der Waals surface area contributed by atoms with Crippen LogP contribution in [-0.2, 0) is 11.3 Å². The molecule has 0 aliphatic carbocycles. The first-order valence-electron chi connectivity index (χ1n) is 9.17. The van der Waals surface area contributed by atoms with Gasteiger partial charge in [-0.1, -0.05) is 30.3 Å². The minimum atomic E-state index is -0.463. The third kappa shape index (κ3) is 5.45. The van der Waals surface area contributed by atoms with E-state index in [4.69, 9.17) is 4.74 Å². The molecule has 0 aromatic heterocycles. The van der Waals surface area contributed by atoms with Crippen LogP contribution in [0.25, 0.3) is 0 Å². The van der Waals surface area contributed by atoms with Crippen molar-refractivity contribution >= 4 is 23.5 Å². The largest absolute Gasteiger partial charge is 0.507 e. The summed E-state index contributed by atoms with van der Waals surface area (Å²) in [6, 6.07) is 19.6. The van der Waals surface area contributed by atoms with Gasteiger partial charge in [0.25, 0.3) is 11.8 Å². The zero-order chi connectivity index (χ0) is 21.5. The summed E-state index contributed by atoms with van der Waals surface area (Å²) in [6.07, 6.45) is 0. The van der Waals surface area contributed by atoms with Crippen molar-refractivity contribution in [3.8, 4) is 11.5 Å². The van der Waals surface area contributed by atoms with Crippen LogP contribution in [-0.4, -0.2) is 22.9 Å². The van der Waals surface area contributed by atoms with Crippen molar-refractivity contribution in [3.05, 3.63) is 89.5 Å². The number of amides is 2. The zero-order valence-corrected chi connectivity index (χ0v) is 16.2. The van der Waals surface area contributed by atoms with Gasteiger partial charge in [0.15, 0.2) is 0 Å². The number of anilines is 1. The minimum absolute atomic E-state index is 0.102. The molecule has 30 heavy (non-hydrogen) atoms. The summed E-state index contributed by atoms with van der Waals surface area (Å²) >= 11 is 0. The van der Waals surface area contributed by atoms with E-state index < -0.39 is 11.9 Å². The molecule has 0 heterocycles. The number of hydrogen-bond acceptors (Lipinski definition) is 5. The Balaban J connectivity index is 1.63. The highest BCUT2D eigenvalue weighted by atomic mass is 16.5. The summed E-state index contributed by atoms with van der Waals surface area (Å²) in [5.41, 5.74) is 1.84. The maximum absolute atomic E-state index is 12.4. The number of hydrogen-bond donors (Lipinski definition) is 3. The first-order valence-corrected chi connectivity index (χ1v) is 9.17. The van der Waals surface area contributed by atoms with Crippen molar-refractivity contribution in [2.24, 2.45) is 0 Å². The molecule has 0 radical (unpaired) electrons. The molecule has 3 aromatic rings. The molecule has 3 aromatic carbocycles. The maximum Gasteiger partial charge on any atom is 0.308 e. The van der Waals surface area contributed by atoms with Crippen molar-refractivity contribution in [1.29, 1.82) is 0 Å². The lowest BCUT2D eigenvalue weighted by atomic mass is 10.1. The smallest absolute Gasteiger partial charge is 0.308 e. The zero-order valence-electron chi connectivity index (χ0n) is 16.2. The van der Waals surface area contributed by atoms with Crippen molar-refractivity contribution < 1.29 is 24.2 Å². The number of para-hydroxylation sites is 1. The minimum Gasteiger partial charge on any atom is -0.507 e. The predicted molar refractivity (Wildman–Crippen MR) is 111 cm³/mol. The van der Waals surface area contributed by atoms with E-state index in [1.807, 2.05) is 6.07 Å². The number of phenols is 1. The van der Waals surface area contributed by atoms with Gasteiger partial charge in [-0.3, -0.25) is 14.4 Å². The van der Waals surface area contributed by atoms with Gasteiger partial charge in [0.2, 0.25) is 0 Å². The molecule has 0 unspecified atom stereocenters. The van der Waals surface area contributed by atoms with Crippen LogP contribution < -0.4 is 15.4 Å². The summed E-state index contributed by atoms with van der Waals surface area (Å²) in [5, 5.41) is 15.3. The molecule has 0 fully saturated rings. The predicted octanol–water partition coefficient (Wildman–Crippen LogP) is 3.50. The standard InChI is InChI=1S/C23H20N2O5/c1-15(26)30-19-9-5-7-17(13-19)22(28)24-14-16-6-4-8-18(12-16)25-23(29)20-10-2-3-11-21(20)27/h2-13,27H,14H2,1H3,(H,24,28)(H,25,29). The molecule has 3 N–H and O–H groups in total. The highest BCUT2D eigenvalue weighted by molar-refractivity contribution is 6.06. The van der Waals surface area contributed by atoms with Crippen LogP contribution in [0.15, 0.2) is 72.8 Å². The molecule has 3 rings (SSSR count). The second-order valence-corrected chi connectivity index (χ2v) is 6.48. The third-order valence-corrected chi connectivity index (χ3v) is 4.14. The number of carbonyl (C=O) groups excluding carboxylic acids is 3. The van der Waals surface area contributed by atoms with Crippen LogP contribution in [0.4, 0.5) is 5.69 Å². The van der Waals surface area contributed by atoms with Gasteiger partial charge in [-0.25, -0.2) is 0 Å². The van der Waals surface area contributed by atoms with Crippen LogP contribution in [0, 0.1) is 0 Å². The summed E-state index contributed by atoms with van der Waals surface area (Å²) in [7, 11) is 0. The van der Waals surface area contributed by atoms with Gasteiger partial charge in [-0.05, 0) is 48.0 Å². The van der Waals surface area contributed by atoms with Gasteiger partial charge >= 0.3 is 5.97 Å². The third-order valence-electron chi connectivity index (χ3n) is 4.14. The molecule has 152 valence electrons. The van der Waals surface area contributed by atoms with Crippen LogP contribution in [0.1, 0.15) is 33.2 Å². The Bertz CT molecular complexity index is 1090. The first kappa shape index (κ1) is 20.6. The van der Waals surface area contributed by atoms with E-state index in [0.29, 0.717) is 17.0 Å². The van der Waals surface area contributed by atoms with Crippen molar-refractivity contribution in [1.82, 2.24) is 5.32 Å². The SMILES string of the molecule is CC(=O)Oc1cccc(C(=O)NCc2cccc(NC(=O)c3ccccc3O)c2)c1. The fourth-order valence-electron chi connectivity index (χ4n) is 2.77. The van der Waals surface area contributed by atoms with E-state index in [-0.39, 0.29) is 23.8 Å². The van der Waals surface area contributed by atoms with E-state index in [9.17, 15) is 19.5 Å². The molecule has 0 bridgehead atoms. The number of rotatable bonds is 6. The van der Waals surface area contributed by atoms with E-state index in [1.165, 1.54) is 25.1 Å². The van der Waals surface area contributed by atoms with Crippen LogP contribution >= 0.6 is 0 Å². The molecule has 0 spiro atoms. The summed E-state index contributed by atoms with van der Waals surface area (Å²) in [5.74, 6) is -1.03. The number of ether oxygens (including phenoxy) is 1. The van der Waals surface area contributed by atoms with Gasteiger partial charge < -0.3 is 20.5 Å². The quantitative estimate of drug-likeness (QED) is 0.431. The number of carbonyl (C=O) groups is 3. The van der Waals surface area contributed by atoms with Crippen molar-refractivity contribution in [2.45, 2.75) is 13.5 Å². The van der Waals surface area contributed by atoms with E-state index in [0.717, 1.165) is 5.56 Å². The molecule has 2 amide bonds. The van der Waals surface area contributed by atoms with Gasteiger partial charge in [-0.2, -0.15) is 0 Å². The van der Waals surface area contributed by atoms with Gasteiger partial charge in [0.05, 0.1) is 5.56 Å². The van der Waals surface area contributed by atoms with E-state index in [2.05, 4.69) is 10.6 Å². The molecule has 0 atom stereocenters. The Morgan fingerprint density at radius 1 is 0.900 bits per heavy atom. The molecule has 7 nitrogen and oxygen atoms in total.